The largest absolute Gasteiger partial charge is 0.497 e. The van der Waals surface area contributed by atoms with Crippen LogP contribution in [0.5, 0.6) is 17.2 Å². The molecule has 0 bridgehead atoms. The average Bonchev–Trinajstić information content (AvgIpc) is 3.24. The molecular weight excluding hydrogens is 458 g/mol. The van der Waals surface area contributed by atoms with E-state index < -0.39 is 6.10 Å². The summed E-state index contributed by atoms with van der Waals surface area (Å²) >= 11 is 0. The van der Waals surface area contributed by atoms with Crippen molar-refractivity contribution < 1.29 is 24.1 Å². The Labute approximate surface area is 207 Å². The van der Waals surface area contributed by atoms with Gasteiger partial charge in [0.2, 0.25) is 0 Å². The highest BCUT2D eigenvalue weighted by Crippen LogP contribution is 2.28. The molecule has 0 aliphatic carbocycles. The third-order valence-electron chi connectivity index (χ3n) is 6.39. The number of nitrogens with zero attached hydrogens (tertiary/aromatic N) is 3. The molecule has 1 unspecified atom stereocenters. The molecule has 2 saturated heterocycles. The molecule has 0 saturated carbocycles. The molecule has 2 aliphatic rings. The summed E-state index contributed by atoms with van der Waals surface area (Å²) in [4.78, 5) is 19.1. The molecule has 0 radical (unpaired) electrons. The second-order valence-corrected chi connectivity index (χ2v) is 8.47. The summed E-state index contributed by atoms with van der Waals surface area (Å²) < 4.78 is 16.2. The highest BCUT2D eigenvalue weighted by atomic mass is 35.5. The highest BCUT2D eigenvalue weighted by molar-refractivity contribution is 5.94. The number of methoxy groups -OCH3 is 2. The standard InChI is InChI=1S/C25H33N3O5.ClH/c1-31-22-9-7-19(8-10-22)27-15-16-28(25(27)30)20-11-13-26(14-12-20)17-21(29)18-33-24-6-4-3-5-23(24)32-2;/h3-10,20-21,29H,11-18H2,1-2H3;1H. The number of carbonyl (C=O) groups is 1. The molecule has 1 N–H and O–H groups in total. The minimum atomic E-state index is -0.592. The first-order valence-corrected chi connectivity index (χ1v) is 11.5. The zero-order valence-electron chi connectivity index (χ0n) is 19.8. The normalized spacial score (nSPS) is 17.9. The molecule has 2 fully saturated rings. The summed E-state index contributed by atoms with van der Waals surface area (Å²) in [5.74, 6) is 2.07. The first-order chi connectivity index (χ1) is 16.1. The number of amides is 2. The van der Waals surface area contributed by atoms with Gasteiger partial charge in [-0.1, -0.05) is 12.1 Å². The monoisotopic (exact) mass is 491 g/mol. The number of hydrogen-bond donors (Lipinski definition) is 1. The van der Waals surface area contributed by atoms with Gasteiger partial charge in [-0.3, -0.25) is 4.90 Å². The minimum Gasteiger partial charge on any atom is -0.497 e. The number of piperidine rings is 1. The van der Waals surface area contributed by atoms with E-state index >= 15 is 0 Å². The van der Waals surface area contributed by atoms with Crippen LogP contribution in [-0.4, -0.2) is 86.6 Å². The summed E-state index contributed by atoms with van der Waals surface area (Å²) in [6.07, 6.45) is 1.22. The van der Waals surface area contributed by atoms with E-state index in [0.29, 0.717) is 24.6 Å². The number of β-amino-alcohol motifs (C(OH)–C–C–N with tert-alkyl or cyclic N) is 1. The zero-order chi connectivity index (χ0) is 23.2. The van der Waals surface area contributed by atoms with Crippen LogP contribution in [0.1, 0.15) is 12.8 Å². The Bertz CT molecular complexity index is 921. The maximum Gasteiger partial charge on any atom is 0.324 e. The van der Waals surface area contributed by atoms with Gasteiger partial charge in [0.15, 0.2) is 11.5 Å². The van der Waals surface area contributed by atoms with Crippen LogP contribution in [0.15, 0.2) is 48.5 Å². The number of halogens is 1. The van der Waals surface area contributed by atoms with Gasteiger partial charge in [0.05, 0.1) is 14.2 Å². The topological polar surface area (TPSA) is 74.7 Å². The van der Waals surface area contributed by atoms with Gasteiger partial charge in [0.25, 0.3) is 0 Å². The second kappa shape index (κ2) is 12.1. The quantitative estimate of drug-likeness (QED) is 0.580. The molecule has 1 atom stereocenters. The number of likely N-dealkylation sites (tertiary alicyclic amines) is 1. The van der Waals surface area contributed by atoms with E-state index in [0.717, 1.165) is 43.9 Å². The lowest BCUT2D eigenvalue weighted by Gasteiger charge is -2.37. The zero-order valence-corrected chi connectivity index (χ0v) is 20.6. The number of benzene rings is 2. The van der Waals surface area contributed by atoms with Gasteiger partial charge in [0, 0.05) is 44.5 Å². The van der Waals surface area contributed by atoms with Crippen molar-refractivity contribution in [2.45, 2.75) is 25.0 Å². The summed E-state index contributed by atoms with van der Waals surface area (Å²) in [7, 11) is 3.24. The third-order valence-corrected chi connectivity index (χ3v) is 6.39. The maximum atomic E-state index is 13.0. The number of anilines is 1. The first-order valence-electron chi connectivity index (χ1n) is 11.5. The fourth-order valence-corrected chi connectivity index (χ4v) is 4.58. The molecule has 0 aromatic heterocycles. The van der Waals surface area contributed by atoms with E-state index in [1.807, 2.05) is 58.3 Å². The molecule has 34 heavy (non-hydrogen) atoms. The van der Waals surface area contributed by atoms with Crippen molar-refractivity contribution in [3.8, 4) is 17.2 Å². The van der Waals surface area contributed by atoms with Gasteiger partial charge in [-0.2, -0.15) is 0 Å². The van der Waals surface area contributed by atoms with Gasteiger partial charge in [-0.25, -0.2) is 4.79 Å². The molecular formula is C25H34ClN3O5. The number of urea groups is 1. The number of rotatable bonds is 9. The number of ether oxygens (including phenoxy) is 3. The fraction of sp³-hybridized carbons (Fsp3) is 0.480. The number of para-hydroxylation sites is 2. The van der Waals surface area contributed by atoms with E-state index in [-0.39, 0.29) is 31.1 Å². The molecule has 2 aromatic carbocycles. The lowest BCUT2D eigenvalue weighted by molar-refractivity contribution is 0.0502. The summed E-state index contributed by atoms with van der Waals surface area (Å²) in [5, 5.41) is 10.5. The second-order valence-electron chi connectivity index (χ2n) is 8.47. The molecule has 2 aromatic rings. The van der Waals surface area contributed by atoms with Gasteiger partial charge in [-0.05, 0) is 49.2 Å². The van der Waals surface area contributed by atoms with E-state index in [2.05, 4.69) is 4.90 Å². The van der Waals surface area contributed by atoms with Crippen molar-refractivity contribution in [1.82, 2.24) is 9.80 Å². The predicted octanol–water partition coefficient (Wildman–Crippen LogP) is 3.27. The summed E-state index contributed by atoms with van der Waals surface area (Å²) in [6.45, 7) is 3.90. The van der Waals surface area contributed by atoms with Crippen LogP contribution in [0.2, 0.25) is 0 Å². The van der Waals surface area contributed by atoms with E-state index in [1.54, 1.807) is 14.2 Å². The number of aliphatic hydroxyl groups is 1. The molecule has 186 valence electrons. The Morgan fingerprint density at radius 3 is 2.26 bits per heavy atom. The lowest BCUT2D eigenvalue weighted by atomic mass is 10.0. The molecule has 0 spiro atoms. The van der Waals surface area contributed by atoms with Crippen molar-refractivity contribution in [3.05, 3.63) is 48.5 Å². The molecule has 2 amide bonds. The van der Waals surface area contributed by atoms with Crippen LogP contribution >= 0.6 is 12.4 Å². The smallest absolute Gasteiger partial charge is 0.324 e. The molecule has 4 rings (SSSR count). The van der Waals surface area contributed by atoms with Gasteiger partial charge in [0.1, 0.15) is 18.5 Å². The molecule has 9 heteroatoms. The third kappa shape index (κ3) is 6.05. The molecule has 2 heterocycles. The van der Waals surface area contributed by atoms with Crippen molar-refractivity contribution in [2.24, 2.45) is 0 Å². The Morgan fingerprint density at radius 2 is 1.62 bits per heavy atom. The van der Waals surface area contributed by atoms with Crippen LogP contribution in [-0.2, 0) is 0 Å². The van der Waals surface area contributed by atoms with Crippen LogP contribution in [0.25, 0.3) is 0 Å². The molecule has 8 nitrogen and oxygen atoms in total. The maximum absolute atomic E-state index is 13.0. The van der Waals surface area contributed by atoms with Gasteiger partial charge >= 0.3 is 6.03 Å². The van der Waals surface area contributed by atoms with Crippen LogP contribution in [0, 0.1) is 0 Å². The van der Waals surface area contributed by atoms with Crippen LogP contribution < -0.4 is 19.1 Å². The SMILES string of the molecule is COc1ccc(N2CCN(C3CCN(CC(O)COc4ccccc4OC)CC3)C2=O)cc1.Cl. The van der Waals surface area contributed by atoms with E-state index in [4.69, 9.17) is 14.2 Å². The number of aliphatic hydroxyl groups excluding tert-OH is 1. The van der Waals surface area contributed by atoms with Gasteiger partial charge < -0.3 is 29.1 Å². The fourth-order valence-electron chi connectivity index (χ4n) is 4.58. The summed E-state index contributed by atoms with van der Waals surface area (Å²) in [6, 6.07) is 15.4. The molecule has 2 aliphatic heterocycles. The van der Waals surface area contributed by atoms with E-state index in [1.165, 1.54) is 0 Å². The Kier molecular flexibility index (Phi) is 9.27. The Morgan fingerprint density at radius 1 is 0.941 bits per heavy atom. The number of carbonyl (C=O) groups excluding carboxylic acids is 1. The van der Waals surface area contributed by atoms with Crippen molar-refractivity contribution in [3.63, 3.8) is 0 Å². The Balaban J connectivity index is 0.00000324. The highest BCUT2D eigenvalue weighted by Gasteiger charge is 2.36. The van der Waals surface area contributed by atoms with Gasteiger partial charge in [-0.15, -0.1) is 12.4 Å². The minimum absolute atomic E-state index is 0. The van der Waals surface area contributed by atoms with Crippen molar-refractivity contribution >= 4 is 24.1 Å². The van der Waals surface area contributed by atoms with Crippen molar-refractivity contribution in [2.75, 3.05) is 58.5 Å². The lowest BCUT2D eigenvalue weighted by Crippen LogP contribution is -2.48. The van der Waals surface area contributed by atoms with Crippen molar-refractivity contribution in [1.29, 1.82) is 0 Å². The average molecular weight is 492 g/mol. The van der Waals surface area contributed by atoms with E-state index in [9.17, 15) is 9.90 Å². The summed E-state index contributed by atoms with van der Waals surface area (Å²) in [5.41, 5.74) is 0.902. The predicted molar refractivity (Wildman–Crippen MR) is 134 cm³/mol. The van der Waals surface area contributed by atoms with Crippen LogP contribution in [0.3, 0.4) is 0 Å². The van der Waals surface area contributed by atoms with Crippen LogP contribution in [0.4, 0.5) is 10.5 Å². The number of hydrogen-bond acceptors (Lipinski definition) is 6. The Hall–Kier alpha value is -2.68. The first kappa shape index (κ1) is 25.9.